The Kier molecular flexibility index (Phi) is 5.76. The molecule has 1 aliphatic heterocycles. The third-order valence-electron chi connectivity index (χ3n) is 4.47. The van der Waals surface area contributed by atoms with Crippen molar-refractivity contribution in [2.45, 2.75) is 25.1 Å². The van der Waals surface area contributed by atoms with Gasteiger partial charge in [-0.3, -0.25) is 10.1 Å². The van der Waals surface area contributed by atoms with Crippen LogP contribution in [-0.4, -0.2) is 39.9 Å². The predicted octanol–water partition coefficient (Wildman–Crippen LogP) is 3.01. The molecule has 11 heteroatoms. The molecule has 0 bridgehead atoms. The number of rotatable bonds is 3. The van der Waals surface area contributed by atoms with Gasteiger partial charge < -0.3 is 9.64 Å². The fourth-order valence-electron chi connectivity index (χ4n) is 2.94. The number of hydrogen-bond acceptors (Lipinski definition) is 4. The van der Waals surface area contributed by atoms with E-state index in [1.807, 2.05) is 0 Å². The van der Waals surface area contributed by atoms with Gasteiger partial charge in [-0.25, -0.2) is 13.9 Å². The lowest BCUT2D eigenvalue weighted by atomic mass is 10.1. The predicted molar refractivity (Wildman–Crippen MR) is 95.1 cm³/mol. The Morgan fingerprint density at radius 1 is 1.21 bits per heavy atom. The number of alkyl halides is 3. The van der Waals surface area contributed by atoms with Gasteiger partial charge in [0.1, 0.15) is 23.2 Å². The fourth-order valence-corrected chi connectivity index (χ4v) is 2.94. The summed E-state index contributed by atoms with van der Waals surface area (Å²) < 4.78 is 58.9. The first-order chi connectivity index (χ1) is 13.6. The standard InChI is InChI=1S/C18H18F4N4O3/c1-25-16(27)5-4-15(24-25)23-17(28)26-8-6-12(7-9-26)29-14-3-2-11(19)10-13(14)18(20,21)22/h2-5,10,12H,6-9H2,1H3,(H,23,24,28). The summed E-state index contributed by atoms with van der Waals surface area (Å²) in [7, 11) is 1.45. The minimum atomic E-state index is -4.74. The molecule has 1 saturated heterocycles. The molecule has 0 spiro atoms. The van der Waals surface area contributed by atoms with E-state index >= 15 is 0 Å². The summed E-state index contributed by atoms with van der Waals surface area (Å²) in [5.41, 5.74) is -1.49. The van der Waals surface area contributed by atoms with Crippen LogP contribution in [0.4, 0.5) is 28.2 Å². The van der Waals surface area contributed by atoms with Crippen LogP contribution in [0.1, 0.15) is 18.4 Å². The molecule has 0 atom stereocenters. The Morgan fingerprint density at radius 2 is 1.90 bits per heavy atom. The summed E-state index contributed by atoms with van der Waals surface area (Å²) in [6, 6.07) is 4.48. The summed E-state index contributed by atoms with van der Waals surface area (Å²) in [5, 5.41) is 6.47. The number of nitrogens with zero attached hydrogens (tertiary/aromatic N) is 3. The van der Waals surface area contributed by atoms with Crippen molar-refractivity contribution in [3.8, 4) is 5.75 Å². The van der Waals surface area contributed by atoms with Crippen LogP contribution in [-0.2, 0) is 13.2 Å². The van der Waals surface area contributed by atoms with Gasteiger partial charge in [0.25, 0.3) is 5.56 Å². The summed E-state index contributed by atoms with van der Waals surface area (Å²) in [4.78, 5) is 25.1. The zero-order chi connectivity index (χ0) is 21.2. The number of aryl methyl sites for hydroxylation is 1. The lowest BCUT2D eigenvalue weighted by Crippen LogP contribution is -2.44. The molecule has 2 heterocycles. The largest absolute Gasteiger partial charge is 0.490 e. The van der Waals surface area contributed by atoms with Crippen molar-refractivity contribution >= 4 is 11.8 Å². The van der Waals surface area contributed by atoms with Crippen LogP contribution in [0.15, 0.2) is 35.1 Å². The number of ether oxygens (including phenoxy) is 1. The van der Waals surface area contributed by atoms with Gasteiger partial charge in [0.15, 0.2) is 5.82 Å². The molecule has 0 radical (unpaired) electrons. The van der Waals surface area contributed by atoms with Gasteiger partial charge in [0.2, 0.25) is 0 Å². The molecule has 1 N–H and O–H groups in total. The third-order valence-corrected chi connectivity index (χ3v) is 4.47. The molecular formula is C18H18F4N4O3. The second kappa shape index (κ2) is 8.10. The lowest BCUT2D eigenvalue weighted by Gasteiger charge is -2.32. The second-order valence-corrected chi connectivity index (χ2v) is 6.55. The molecular weight excluding hydrogens is 396 g/mol. The van der Waals surface area contributed by atoms with E-state index in [1.165, 1.54) is 24.1 Å². The number of halogens is 4. The molecule has 1 aromatic carbocycles. The van der Waals surface area contributed by atoms with E-state index < -0.39 is 35.4 Å². The monoisotopic (exact) mass is 414 g/mol. The Balaban J connectivity index is 1.59. The summed E-state index contributed by atoms with van der Waals surface area (Å²) in [6.07, 6.45) is -4.66. The number of piperidine rings is 1. The lowest BCUT2D eigenvalue weighted by molar-refractivity contribution is -0.139. The van der Waals surface area contributed by atoms with E-state index in [9.17, 15) is 27.2 Å². The number of carbonyl (C=O) groups is 1. The van der Waals surface area contributed by atoms with Crippen LogP contribution in [0.3, 0.4) is 0 Å². The molecule has 1 aliphatic rings. The molecule has 156 valence electrons. The molecule has 2 amide bonds. The van der Waals surface area contributed by atoms with Crippen LogP contribution in [0, 0.1) is 5.82 Å². The Hall–Kier alpha value is -3.11. The number of likely N-dealkylation sites (tertiary alicyclic amines) is 1. The van der Waals surface area contributed by atoms with Gasteiger partial charge in [-0.1, -0.05) is 0 Å². The van der Waals surface area contributed by atoms with Gasteiger partial charge in [-0.15, -0.1) is 0 Å². The van der Waals surface area contributed by atoms with Crippen molar-refractivity contribution in [1.29, 1.82) is 0 Å². The molecule has 1 fully saturated rings. The average molecular weight is 414 g/mol. The zero-order valence-corrected chi connectivity index (χ0v) is 15.4. The van der Waals surface area contributed by atoms with Crippen molar-refractivity contribution in [3.05, 3.63) is 52.1 Å². The number of aromatic nitrogens is 2. The first-order valence-electron chi connectivity index (χ1n) is 8.77. The average Bonchev–Trinajstić information content (AvgIpc) is 2.66. The SMILES string of the molecule is Cn1nc(NC(=O)N2CCC(Oc3ccc(F)cc3C(F)(F)F)CC2)ccc1=O. The Bertz CT molecular complexity index is 953. The number of nitrogens with one attached hydrogen (secondary N) is 1. The molecule has 0 aliphatic carbocycles. The maximum absolute atomic E-state index is 13.2. The highest BCUT2D eigenvalue weighted by Gasteiger charge is 2.36. The first kappa shape index (κ1) is 20.6. The van der Waals surface area contributed by atoms with Crippen molar-refractivity contribution in [2.75, 3.05) is 18.4 Å². The van der Waals surface area contributed by atoms with Gasteiger partial charge in [-0.05, 0) is 24.3 Å². The number of hydrogen-bond donors (Lipinski definition) is 1. The van der Waals surface area contributed by atoms with E-state index in [0.29, 0.717) is 18.9 Å². The quantitative estimate of drug-likeness (QED) is 0.784. The number of anilines is 1. The number of urea groups is 1. The van der Waals surface area contributed by atoms with E-state index in [1.54, 1.807) is 0 Å². The van der Waals surface area contributed by atoms with Gasteiger partial charge in [0.05, 0.1) is 0 Å². The van der Waals surface area contributed by atoms with Gasteiger partial charge in [-0.2, -0.15) is 18.3 Å². The van der Waals surface area contributed by atoms with Gasteiger partial charge >= 0.3 is 12.2 Å². The summed E-state index contributed by atoms with van der Waals surface area (Å²) in [6.45, 7) is 0.510. The highest BCUT2D eigenvalue weighted by atomic mass is 19.4. The molecule has 0 unspecified atom stereocenters. The van der Waals surface area contributed by atoms with Crippen molar-refractivity contribution < 1.29 is 27.1 Å². The van der Waals surface area contributed by atoms with Crippen LogP contribution >= 0.6 is 0 Å². The number of benzene rings is 1. The second-order valence-electron chi connectivity index (χ2n) is 6.55. The first-order valence-corrected chi connectivity index (χ1v) is 8.77. The molecule has 3 rings (SSSR count). The van der Waals surface area contributed by atoms with Crippen molar-refractivity contribution in [2.24, 2.45) is 7.05 Å². The third kappa shape index (κ3) is 5.04. The zero-order valence-electron chi connectivity index (χ0n) is 15.4. The maximum atomic E-state index is 13.2. The van der Waals surface area contributed by atoms with E-state index in [2.05, 4.69) is 10.4 Å². The minimum Gasteiger partial charge on any atom is -0.490 e. The smallest absolute Gasteiger partial charge is 0.420 e. The van der Waals surface area contributed by atoms with Gasteiger partial charge in [0, 0.05) is 39.0 Å². The number of amides is 2. The van der Waals surface area contributed by atoms with Crippen LogP contribution in [0.2, 0.25) is 0 Å². The van der Waals surface area contributed by atoms with E-state index in [0.717, 1.165) is 16.8 Å². The summed E-state index contributed by atoms with van der Waals surface area (Å²) >= 11 is 0. The summed E-state index contributed by atoms with van der Waals surface area (Å²) in [5.74, 6) is -1.23. The normalized spacial score (nSPS) is 15.3. The highest BCUT2D eigenvalue weighted by Crippen LogP contribution is 2.37. The van der Waals surface area contributed by atoms with Crippen molar-refractivity contribution in [3.63, 3.8) is 0 Å². The fraction of sp³-hybridized carbons (Fsp3) is 0.389. The van der Waals surface area contributed by atoms with E-state index in [4.69, 9.17) is 4.74 Å². The maximum Gasteiger partial charge on any atom is 0.420 e. The highest BCUT2D eigenvalue weighted by molar-refractivity contribution is 5.88. The molecule has 1 aromatic heterocycles. The van der Waals surface area contributed by atoms with Crippen LogP contribution in [0.25, 0.3) is 0 Å². The van der Waals surface area contributed by atoms with E-state index in [-0.39, 0.29) is 24.5 Å². The minimum absolute atomic E-state index is 0.205. The number of carbonyl (C=O) groups excluding carboxylic acids is 1. The Morgan fingerprint density at radius 3 is 2.52 bits per heavy atom. The molecule has 29 heavy (non-hydrogen) atoms. The van der Waals surface area contributed by atoms with Crippen LogP contribution in [0.5, 0.6) is 5.75 Å². The molecule has 0 saturated carbocycles. The Labute approximate surface area is 162 Å². The topological polar surface area (TPSA) is 76.5 Å². The molecule has 7 nitrogen and oxygen atoms in total. The van der Waals surface area contributed by atoms with Crippen LogP contribution < -0.4 is 15.6 Å². The molecule has 2 aromatic rings. The van der Waals surface area contributed by atoms with Crippen molar-refractivity contribution in [1.82, 2.24) is 14.7 Å².